The van der Waals surface area contributed by atoms with Crippen LogP contribution in [0.4, 0.5) is 0 Å². The van der Waals surface area contributed by atoms with Gasteiger partial charge in [-0.05, 0) is 48.8 Å². The van der Waals surface area contributed by atoms with E-state index >= 15 is 0 Å². The van der Waals surface area contributed by atoms with Crippen LogP contribution in [0.15, 0.2) is 18.2 Å². The fourth-order valence-electron chi connectivity index (χ4n) is 3.15. The molecule has 1 fully saturated rings. The molecule has 1 aliphatic carbocycles. The van der Waals surface area contributed by atoms with Crippen LogP contribution in [0, 0.1) is 0 Å². The molecular formula is C16H21NO2. The van der Waals surface area contributed by atoms with Gasteiger partial charge in [0.1, 0.15) is 0 Å². The number of β-amino-alcohol motifs (C(OH)–C–C–N with tert-alkyl or cyclic N) is 1. The lowest BCUT2D eigenvalue weighted by Gasteiger charge is -2.18. The van der Waals surface area contributed by atoms with E-state index in [1.165, 1.54) is 30.4 Å². The molecule has 0 aromatic heterocycles. The zero-order valence-electron chi connectivity index (χ0n) is 11.3. The first-order valence-corrected chi connectivity index (χ1v) is 7.29. The molecule has 1 saturated heterocycles. The maximum atomic E-state index is 12.1. The van der Waals surface area contributed by atoms with Crippen LogP contribution < -0.4 is 0 Å². The van der Waals surface area contributed by atoms with Gasteiger partial charge in [0.2, 0.25) is 5.91 Å². The molecule has 1 amide bonds. The van der Waals surface area contributed by atoms with Gasteiger partial charge in [0.05, 0.1) is 12.5 Å². The van der Waals surface area contributed by atoms with E-state index in [0.717, 1.165) is 18.4 Å². The van der Waals surface area contributed by atoms with Crippen molar-refractivity contribution in [1.82, 2.24) is 4.90 Å². The van der Waals surface area contributed by atoms with Crippen LogP contribution in [0.3, 0.4) is 0 Å². The molecule has 102 valence electrons. The SMILES string of the molecule is O=C(Cc1ccc2c(c1)CCCC2)N1CC[C@@H](O)C1. The van der Waals surface area contributed by atoms with Gasteiger partial charge in [-0.2, -0.15) is 0 Å². The van der Waals surface area contributed by atoms with Crippen molar-refractivity contribution in [3.05, 3.63) is 34.9 Å². The average Bonchev–Trinajstić information content (AvgIpc) is 2.85. The number of hydrogen-bond acceptors (Lipinski definition) is 2. The van der Waals surface area contributed by atoms with Crippen molar-refractivity contribution in [1.29, 1.82) is 0 Å². The number of rotatable bonds is 2. The van der Waals surface area contributed by atoms with Crippen molar-refractivity contribution >= 4 is 5.91 Å². The fourth-order valence-corrected chi connectivity index (χ4v) is 3.15. The van der Waals surface area contributed by atoms with Crippen LogP contribution in [0.1, 0.15) is 36.0 Å². The molecule has 1 aromatic rings. The van der Waals surface area contributed by atoms with Gasteiger partial charge in [0.15, 0.2) is 0 Å². The van der Waals surface area contributed by atoms with Gasteiger partial charge >= 0.3 is 0 Å². The highest BCUT2D eigenvalue weighted by molar-refractivity contribution is 5.79. The molecule has 0 unspecified atom stereocenters. The van der Waals surface area contributed by atoms with Gasteiger partial charge < -0.3 is 10.0 Å². The lowest BCUT2D eigenvalue weighted by Crippen LogP contribution is -2.30. The van der Waals surface area contributed by atoms with Crippen LogP contribution in [0.5, 0.6) is 0 Å². The number of likely N-dealkylation sites (tertiary alicyclic amines) is 1. The third-order valence-corrected chi connectivity index (χ3v) is 4.28. The maximum absolute atomic E-state index is 12.1. The number of carbonyl (C=O) groups excluding carboxylic acids is 1. The van der Waals surface area contributed by atoms with E-state index < -0.39 is 0 Å². The highest BCUT2D eigenvalue weighted by atomic mass is 16.3. The normalized spacial score (nSPS) is 22.4. The molecule has 1 heterocycles. The summed E-state index contributed by atoms with van der Waals surface area (Å²) in [5.74, 6) is 0.146. The van der Waals surface area contributed by atoms with E-state index in [1.807, 2.05) is 0 Å². The molecule has 3 rings (SSSR count). The fraction of sp³-hybridized carbons (Fsp3) is 0.562. The molecule has 1 aliphatic heterocycles. The van der Waals surface area contributed by atoms with Crippen molar-refractivity contribution in [2.24, 2.45) is 0 Å². The van der Waals surface area contributed by atoms with Gasteiger partial charge in [-0.3, -0.25) is 4.79 Å². The smallest absolute Gasteiger partial charge is 0.227 e. The Labute approximate surface area is 114 Å². The van der Waals surface area contributed by atoms with Crippen molar-refractivity contribution < 1.29 is 9.90 Å². The van der Waals surface area contributed by atoms with E-state index in [1.54, 1.807) is 4.90 Å². The second-order valence-corrected chi connectivity index (χ2v) is 5.77. The molecule has 1 N–H and O–H groups in total. The molecule has 2 aliphatic rings. The van der Waals surface area contributed by atoms with Crippen LogP contribution in [0.25, 0.3) is 0 Å². The average molecular weight is 259 g/mol. The summed E-state index contributed by atoms with van der Waals surface area (Å²) in [6, 6.07) is 6.49. The first kappa shape index (κ1) is 12.7. The van der Waals surface area contributed by atoms with E-state index in [4.69, 9.17) is 0 Å². The summed E-state index contributed by atoms with van der Waals surface area (Å²) in [5.41, 5.74) is 4.00. The number of nitrogens with zero attached hydrogens (tertiary/aromatic N) is 1. The number of amides is 1. The number of aliphatic hydroxyl groups excluding tert-OH is 1. The number of aryl methyl sites for hydroxylation is 2. The lowest BCUT2D eigenvalue weighted by molar-refractivity contribution is -0.129. The predicted octanol–water partition coefficient (Wildman–Crippen LogP) is 1.70. The Morgan fingerprint density at radius 1 is 1.26 bits per heavy atom. The summed E-state index contributed by atoms with van der Waals surface area (Å²) >= 11 is 0. The minimum absolute atomic E-state index is 0.146. The molecule has 0 saturated carbocycles. The second-order valence-electron chi connectivity index (χ2n) is 5.77. The number of carbonyl (C=O) groups is 1. The topological polar surface area (TPSA) is 40.5 Å². The molecule has 1 atom stereocenters. The number of benzene rings is 1. The van der Waals surface area contributed by atoms with Gasteiger partial charge in [-0.25, -0.2) is 0 Å². The van der Waals surface area contributed by atoms with Gasteiger partial charge in [-0.15, -0.1) is 0 Å². The Hall–Kier alpha value is -1.35. The van der Waals surface area contributed by atoms with E-state index in [-0.39, 0.29) is 12.0 Å². The Morgan fingerprint density at radius 2 is 2.05 bits per heavy atom. The third-order valence-electron chi connectivity index (χ3n) is 4.28. The zero-order chi connectivity index (χ0) is 13.2. The summed E-state index contributed by atoms with van der Waals surface area (Å²) < 4.78 is 0. The van der Waals surface area contributed by atoms with Crippen LogP contribution in [0.2, 0.25) is 0 Å². The van der Waals surface area contributed by atoms with Gasteiger partial charge in [0, 0.05) is 13.1 Å². The molecule has 1 aromatic carbocycles. The zero-order valence-corrected chi connectivity index (χ0v) is 11.3. The molecule has 3 heteroatoms. The summed E-state index contributed by atoms with van der Waals surface area (Å²) in [6.07, 6.45) is 5.75. The van der Waals surface area contributed by atoms with Crippen molar-refractivity contribution in [2.45, 2.75) is 44.6 Å². The van der Waals surface area contributed by atoms with Crippen LogP contribution >= 0.6 is 0 Å². The summed E-state index contributed by atoms with van der Waals surface area (Å²) in [4.78, 5) is 13.9. The summed E-state index contributed by atoms with van der Waals surface area (Å²) in [7, 11) is 0. The van der Waals surface area contributed by atoms with E-state index in [2.05, 4.69) is 18.2 Å². The highest BCUT2D eigenvalue weighted by Crippen LogP contribution is 2.23. The highest BCUT2D eigenvalue weighted by Gasteiger charge is 2.24. The first-order chi connectivity index (χ1) is 9.22. The molecule has 19 heavy (non-hydrogen) atoms. The van der Waals surface area contributed by atoms with Crippen molar-refractivity contribution in [2.75, 3.05) is 13.1 Å². The van der Waals surface area contributed by atoms with Crippen molar-refractivity contribution in [3.63, 3.8) is 0 Å². The Bertz CT molecular complexity index is 484. The minimum atomic E-state index is -0.326. The van der Waals surface area contributed by atoms with Gasteiger partial charge in [0.25, 0.3) is 0 Å². The van der Waals surface area contributed by atoms with Crippen molar-refractivity contribution in [3.8, 4) is 0 Å². The number of aliphatic hydroxyl groups is 1. The largest absolute Gasteiger partial charge is 0.391 e. The Balaban J connectivity index is 1.68. The predicted molar refractivity (Wildman–Crippen MR) is 74.0 cm³/mol. The molecule has 0 radical (unpaired) electrons. The Morgan fingerprint density at radius 3 is 2.79 bits per heavy atom. The number of hydrogen-bond donors (Lipinski definition) is 1. The first-order valence-electron chi connectivity index (χ1n) is 7.29. The monoisotopic (exact) mass is 259 g/mol. The molecule has 3 nitrogen and oxygen atoms in total. The van der Waals surface area contributed by atoms with E-state index in [0.29, 0.717) is 19.5 Å². The van der Waals surface area contributed by atoms with Crippen LogP contribution in [-0.2, 0) is 24.1 Å². The third kappa shape index (κ3) is 2.81. The summed E-state index contributed by atoms with van der Waals surface area (Å²) in [6.45, 7) is 1.20. The van der Waals surface area contributed by atoms with Gasteiger partial charge in [-0.1, -0.05) is 18.2 Å². The minimum Gasteiger partial charge on any atom is -0.391 e. The van der Waals surface area contributed by atoms with E-state index in [9.17, 15) is 9.90 Å². The summed E-state index contributed by atoms with van der Waals surface area (Å²) in [5, 5.41) is 9.48. The standard InChI is InChI=1S/C16H21NO2/c18-15-7-8-17(11-15)16(19)10-12-5-6-13-3-1-2-4-14(13)9-12/h5-6,9,15,18H,1-4,7-8,10-11H2/t15-/m1/s1. The number of fused-ring (bicyclic) bond motifs is 1. The second kappa shape index (κ2) is 5.33. The van der Waals surface area contributed by atoms with Crippen LogP contribution in [-0.4, -0.2) is 35.1 Å². The molecule has 0 bridgehead atoms. The lowest BCUT2D eigenvalue weighted by atomic mass is 9.90. The quantitative estimate of drug-likeness (QED) is 0.878. The molecule has 0 spiro atoms. The maximum Gasteiger partial charge on any atom is 0.227 e. The Kier molecular flexibility index (Phi) is 3.56. The molecular weight excluding hydrogens is 238 g/mol.